The van der Waals surface area contributed by atoms with Crippen LogP contribution < -0.4 is 4.74 Å². The fraction of sp³-hybridized carbons (Fsp3) is 0.588. The van der Waals surface area contributed by atoms with Gasteiger partial charge in [0.15, 0.2) is 0 Å². The lowest BCUT2D eigenvalue weighted by Crippen LogP contribution is -2.14. The van der Waals surface area contributed by atoms with E-state index in [9.17, 15) is 13.2 Å². The van der Waals surface area contributed by atoms with E-state index >= 15 is 0 Å². The lowest BCUT2D eigenvalue weighted by molar-refractivity contribution is -0.145. The van der Waals surface area contributed by atoms with Gasteiger partial charge in [0.05, 0.1) is 19.5 Å². The van der Waals surface area contributed by atoms with Crippen LogP contribution in [0.2, 0.25) is 0 Å². The monoisotopic (exact) mass is 358 g/mol. The molecule has 0 aliphatic rings. The Balaban J connectivity index is 2.19. The standard InChI is InChI=1S/C17H26O6S/c1-14(2)12-23-24(19,20)11-5-4-6-17(18)22-13-15-7-9-16(21-3)10-8-15/h7-10,14H,4-6,11-13H2,1-3H3. The van der Waals surface area contributed by atoms with Gasteiger partial charge >= 0.3 is 5.97 Å². The van der Waals surface area contributed by atoms with E-state index in [0.29, 0.717) is 12.8 Å². The molecule has 1 rings (SSSR count). The van der Waals surface area contributed by atoms with Crippen molar-refractivity contribution < 1.29 is 26.9 Å². The Morgan fingerprint density at radius 1 is 1.12 bits per heavy atom. The summed E-state index contributed by atoms with van der Waals surface area (Å²) in [6.45, 7) is 4.15. The number of benzene rings is 1. The number of ether oxygens (including phenoxy) is 2. The van der Waals surface area contributed by atoms with E-state index in [-0.39, 0.29) is 37.3 Å². The van der Waals surface area contributed by atoms with Crippen molar-refractivity contribution in [3.63, 3.8) is 0 Å². The Labute approximate surface area is 144 Å². The number of methoxy groups -OCH3 is 1. The summed E-state index contributed by atoms with van der Waals surface area (Å²) in [6, 6.07) is 7.24. The molecule has 0 N–H and O–H groups in total. The zero-order valence-electron chi connectivity index (χ0n) is 14.5. The number of hydrogen-bond donors (Lipinski definition) is 0. The molecule has 0 radical (unpaired) electrons. The Bertz CT molecular complexity index is 592. The van der Waals surface area contributed by atoms with Crippen molar-refractivity contribution in [2.24, 2.45) is 5.92 Å². The third-order valence-electron chi connectivity index (χ3n) is 3.17. The van der Waals surface area contributed by atoms with Gasteiger partial charge in [0.25, 0.3) is 10.1 Å². The normalized spacial score (nSPS) is 11.5. The van der Waals surface area contributed by atoms with Crippen LogP contribution in [0.3, 0.4) is 0 Å². The van der Waals surface area contributed by atoms with Gasteiger partial charge in [0, 0.05) is 6.42 Å². The quantitative estimate of drug-likeness (QED) is 0.344. The van der Waals surface area contributed by atoms with E-state index in [1.54, 1.807) is 19.2 Å². The van der Waals surface area contributed by atoms with Crippen LogP contribution in [0.1, 0.15) is 38.7 Å². The predicted octanol–water partition coefficient (Wildman–Crippen LogP) is 2.91. The van der Waals surface area contributed by atoms with Crippen LogP contribution in [-0.2, 0) is 30.4 Å². The molecule has 0 amide bonds. The molecule has 0 saturated heterocycles. The fourth-order valence-corrected chi connectivity index (χ4v) is 2.96. The van der Waals surface area contributed by atoms with Gasteiger partial charge in [0.2, 0.25) is 0 Å². The van der Waals surface area contributed by atoms with Gasteiger partial charge in [-0.25, -0.2) is 0 Å². The Morgan fingerprint density at radius 2 is 1.79 bits per heavy atom. The molecule has 0 fully saturated rings. The fourth-order valence-electron chi connectivity index (χ4n) is 1.80. The summed E-state index contributed by atoms with van der Waals surface area (Å²) in [5, 5.41) is 0. The first-order chi connectivity index (χ1) is 11.3. The molecule has 0 atom stereocenters. The minimum atomic E-state index is -3.50. The number of unbranched alkanes of at least 4 members (excludes halogenated alkanes) is 1. The molecule has 1 aromatic rings. The maximum Gasteiger partial charge on any atom is 0.306 e. The second-order valence-corrected chi connectivity index (χ2v) is 7.67. The van der Waals surface area contributed by atoms with E-state index in [1.165, 1.54) is 0 Å². The molecule has 0 heterocycles. The number of carbonyl (C=O) groups is 1. The molecule has 7 heteroatoms. The van der Waals surface area contributed by atoms with Crippen molar-refractivity contribution in [2.75, 3.05) is 19.5 Å². The van der Waals surface area contributed by atoms with Gasteiger partial charge in [-0.1, -0.05) is 26.0 Å². The molecule has 0 unspecified atom stereocenters. The first-order valence-corrected chi connectivity index (χ1v) is 9.56. The van der Waals surface area contributed by atoms with Gasteiger partial charge in [-0.05, 0) is 36.5 Å². The Kier molecular flexibility index (Phi) is 8.78. The highest BCUT2D eigenvalue weighted by atomic mass is 32.2. The Hall–Kier alpha value is -1.60. The second kappa shape index (κ2) is 10.3. The van der Waals surface area contributed by atoms with Crippen LogP contribution in [0.5, 0.6) is 5.75 Å². The number of rotatable bonds is 11. The largest absolute Gasteiger partial charge is 0.497 e. The summed E-state index contributed by atoms with van der Waals surface area (Å²) in [5.41, 5.74) is 0.869. The van der Waals surface area contributed by atoms with E-state index in [2.05, 4.69) is 0 Å². The van der Waals surface area contributed by atoms with Crippen molar-refractivity contribution in [3.05, 3.63) is 29.8 Å². The van der Waals surface area contributed by atoms with Crippen molar-refractivity contribution in [2.45, 2.75) is 39.7 Å². The zero-order chi connectivity index (χ0) is 18.0. The van der Waals surface area contributed by atoms with Gasteiger partial charge in [-0.2, -0.15) is 8.42 Å². The molecule has 136 valence electrons. The third-order valence-corrected chi connectivity index (χ3v) is 4.45. The highest BCUT2D eigenvalue weighted by Crippen LogP contribution is 2.12. The SMILES string of the molecule is COc1ccc(COC(=O)CCCCS(=O)(=O)OCC(C)C)cc1. The maximum atomic E-state index is 11.7. The summed E-state index contributed by atoms with van der Waals surface area (Å²) >= 11 is 0. The zero-order valence-corrected chi connectivity index (χ0v) is 15.3. The highest BCUT2D eigenvalue weighted by molar-refractivity contribution is 7.86. The number of esters is 1. The highest BCUT2D eigenvalue weighted by Gasteiger charge is 2.12. The minimum absolute atomic E-state index is 0.0779. The molecule has 0 aliphatic carbocycles. The van der Waals surface area contributed by atoms with Crippen LogP contribution in [0.15, 0.2) is 24.3 Å². The van der Waals surface area contributed by atoms with E-state index in [4.69, 9.17) is 13.7 Å². The lowest BCUT2D eigenvalue weighted by atomic mass is 10.2. The molecular formula is C17H26O6S. The number of hydrogen-bond acceptors (Lipinski definition) is 6. The molecule has 0 bridgehead atoms. The molecule has 1 aromatic carbocycles. The van der Waals surface area contributed by atoms with Crippen molar-refractivity contribution in [1.29, 1.82) is 0 Å². The van der Waals surface area contributed by atoms with Gasteiger partial charge in [-0.15, -0.1) is 0 Å². The smallest absolute Gasteiger partial charge is 0.306 e. The summed E-state index contributed by atoms with van der Waals surface area (Å²) in [6.07, 6.45) is 1.01. The molecule has 6 nitrogen and oxygen atoms in total. The molecule has 0 aromatic heterocycles. The van der Waals surface area contributed by atoms with E-state index in [0.717, 1.165) is 11.3 Å². The first-order valence-electron chi connectivity index (χ1n) is 7.98. The second-order valence-electron chi connectivity index (χ2n) is 5.91. The summed E-state index contributed by atoms with van der Waals surface area (Å²) in [7, 11) is -1.91. The van der Waals surface area contributed by atoms with Gasteiger partial charge in [-0.3, -0.25) is 8.98 Å². The lowest BCUT2D eigenvalue weighted by Gasteiger charge is -2.08. The van der Waals surface area contributed by atoms with Crippen LogP contribution >= 0.6 is 0 Å². The molecule has 0 aliphatic heterocycles. The van der Waals surface area contributed by atoms with Crippen LogP contribution in [0.4, 0.5) is 0 Å². The number of carbonyl (C=O) groups excluding carboxylic acids is 1. The Morgan fingerprint density at radius 3 is 2.38 bits per heavy atom. The molecule has 24 heavy (non-hydrogen) atoms. The van der Waals surface area contributed by atoms with E-state index in [1.807, 2.05) is 26.0 Å². The van der Waals surface area contributed by atoms with Gasteiger partial charge < -0.3 is 9.47 Å². The minimum Gasteiger partial charge on any atom is -0.497 e. The summed E-state index contributed by atoms with van der Waals surface area (Å²) in [4.78, 5) is 11.7. The predicted molar refractivity (Wildman–Crippen MR) is 91.2 cm³/mol. The van der Waals surface area contributed by atoms with Crippen molar-refractivity contribution in [3.8, 4) is 5.75 Å². The van der Waals surface area contributed by atoms with Crippen LogP contribution in [-0.4, -0.2) is 33.9 Å². The molecular weight excluding hydrogens is 332 g/mol. The van der Waals surface area contributed by atoms with Crippen molar-refractivity contribution in [1.82, 2.24) is 0 Å². The average molecular weight is 358 g/mol. The molecule has 0 spiro atoms. The topological polar surface area (TPSA) is 78.9 Å². The van der Waals surface area contributed by atoms with E-state index < -0.39 is 10.1 Å². The summed E-state index contributed by atoms with van der Waals surface area (Å²) < 4.78 is 38.3. The average Bonchev–Trinajstić information content (AvgIpc) is 2.55. The molecule has 0 saturated carbocycles. The van der Waals surface area contributed by atoms with Crippen LogP contribution in [0.25, 0.3) is 0 Å². The first kappa shape index (κ1) is 20.4. The van der Waals surface area contributed by atoms with Crippen LogP contribution in [0, 0.1) is 5.92 Å². The maximum absolute atomic E-state index is 11.7. The van der Waals surface area contributed by atoms with Crippen molar-refractivity contribution >= 4 is 16.1 Å². The third kappa shape index (κ3) is 8.88. The van der Waals surface area contributed by atoms with Gasteiger partial charge in [0.1, 0.15) is 12.4 Å². The summed E-state index contributed by atoms with van der Waals surface area (Å²) in [5.74, 6) is 0.482.